The summed E-state index contributed by atoms with van der Waals surface area (Å²) in [7, 11) is 1.39. The molecular weight excluding hydrogens is 550 g/mol. The minimum Gasteiger partial charge on any atom is -0.481 e. The highest BCUT2D eigenvalue weighted by atomic mass is 19.2. The number of halogens is 2. The van der Waals surface area contributed by atoms with E-state index in [0.29, 0.717) is 38.9 Å². The molecule has 3 amide bonds. The second kappa shape index (κ2) is 13.2. The molecule has 2 aliphatic rings. The van der Waals surface area contributed by atoms with Gasteiger partial charge in [0, 0.05) is 13.0 Å². The number of piperidine rings is 1. The number of carbonyl (C=O) groups is 4. The van der Waals surface area contributed by atoms with Crippen molar-refractivity contribution in [2.45, 2.75) is 44.1 Å². The van der Waals surface area contributed by atoms with Crippen LogP contribution in [0.5, 0.6) is 0 Å². The smallest absolute Gasteiger partial charge is 0.343 e. The van der Waals surface area contributed by atoms with E-state index in [0.717, 1.165) is 22.6 Å². The molecule has 10 nitrogen and oxygen atoms in total. The quantitative estimate of drug-likeness (QED) is 0.431. The number of ether oxygens (including phenoxy) is 1. The molecule has 2 N–H and O–H groups in total. The van der Waals surface area contributed by atoms with E-state index in [9.17, 15) is 33.1 Å². The van der Waals surface area contributed by atoms with Crippen LogP contribution in [0.3, 0.4) is 0 Å². The normalized spacial score (nSPS) is 20.3. The van der Waals surface area contributed by atoms with Crippen molar-refractivity contribution >= 4 is 29.7 Å². The Balaban J connectivity index is 1.41. The molecular formula is C30H34F2N4O6. The monoisotopic (exact) mass is 584 g/mol. The number of urea groups is 1. The summed E-state index contributed by atoms with van der Waals surface area (Å²) in [6.07, 6.45) is 1.65. The van der Waals surface area contributed by atoms with Crippen LogP contribution in [0.25, 0.3) is 0 Å². The molecule has 2 aromatic carbocycles. The van der Waals surface area contributed by atoms with Crippen molar-refractivity contribution in [3.63, 3.8) is 0 Å². The summed E-state index contributed by atoms with van der Waals surface area (Å²) >= 11 is 0. The van der Waals surface area contributed by atoms with E-state index in [-0.39, 0.29) is 30.3 Å². The first-order valence-corrected chi connectivity index (χ1v) is 13.8. The summed E-state index contributed by atoms with van der Waals surface area (Å²) in [5.74, 6) is -6.11. The molecule has 2 aromatic rings. The van der Waals surface area contributed by atoms with Gasteiger partial charge in [-0.15, -0.1) is 0 Å². The van der Waals surface area contributed by atoms with Crippen molar-refractivity contribution in [3.05, 3.63) is 71.3 Å². The van der Waals surface area contributed by atoms with Gasteiger partial charge in [-0.3, -0.25) is 19.3 Å². The number of hydrogen-bond donors (Lipinski definition) is 2. The molecule has 0 bridgehead atoms. The van der Waals surface area contributed by atoms with Crippen LogP contribution in [-0.2, 0) is 24.5 Å². The van der Waals surface area contributed by atoms with Crippen LogP contribution >= 0.6 is 0 Å². The van der Waals surface area contributed by atoms with Crippen molar-refractivity contribution in [1.29, 1.82) is 0 Å². The van der Waals surface area contributed by atoms with Gasteiger partial charge in [0.05, 0.1) is 18.6 Å². The summed E-state index contributed by atoms with van der Waals surface area (Å²) in [5, 5.41) is 12.4. The molecule has 0 aromatic heterocycles. The molecule has 224 valence electrons. The van der Waals surface area contributed by atoms with Crippen LogP contribution in [0.4, 0.5) is 13.6 Å². The first-order valence-electron chi connectivity index (χ1n) is 13.8. The number of carboxylic acids is 1. The molecule has 42 heavy (non-hydrogen) atoms. The Morgan fingerprint density at radius 2 is 1.81 bits per heavy atom. The fraction of sp³-hybridized carbons (Fsp3) is 0.433. The maximum atomic E-state index is 13.9. The number of benzene rings is 2. The van der Waals surface area contributed by atoms with E-state index in [1.54, 1.807) is 6.92 Å². The standard InChI is InChI=1S/C30H34F2N4O6/c1-3-36(26-24(27(38)39)25(33-29(41)34-26)19-11-12-21(31)22(32)18-19)23(37)10-7-15-35-16-13-30(14-17-35,28(40)42-2)20-8-5-4-6-9-20/h4-6,8-9,11-12,18,24-25H,3,7,10,13-17H2,1-2H3,(H,33,41)(H,38,39). The molecule has 4 rings (SSSR count). The molecule has 1 saturated heterocycles. The van der Waals surface area contributed by atoms with Gasteiger partial charge in [0.25, 0.3) is 0 Å². The summed E-state index contributed by atoms with van der Waals surface area (Å²) in [4.78, 5) is 58.0. The van der Waals surface area contributed by atoms with E-state index in [2.05, 4.69) is 15.2 Å². The number of hydrogen-bond acceptors (Lipinski definition) is 6. The van der Waals surface area contributed by atoms with E-state index >= 15 is 0 Å². The third-order valence-corrected chi connectivity index (χ3v) is 8.05. The summed E-state index contributed by atoms with van der Waals surface area (Å²) in [6, 6.07) is 10.3. The van der Waals surface area contributed by atoms with Gasteiger partial charge in [-0.2, -0.15) is 4.99 Å². The summed E-state index contributed by atoms with van der Waals surface area (Å²) in [6.45, 7) is 3.52. The van der Waals surface area contributed by atoms with Gasteiger partial charge < -0.3 is 20.1 Å². The van der Waals surface area contributed by atoms with Gasteiger partial charge in [-0.1, -0.05) is 36.4 Å². The molecule has 12 heteroatoms. The van der Waals surface area contributed by atoms with Crippen LogP contribution in [0, 0.1) is 17.6 Å². The second-order valence-corrected chi connectivity index (χ2v) is 10.4. The van der Waals surface area contributed by atoms with E-state index in [1.807, 2.05) is 30.3 Å². The fourth-order valence-corrected chi connectivity index (χ4v) is 5.81. The third-order valence-electron chi connectivity index (χ3n) is 8.05. The SMILES string of the molecule is CCN(C(=O)CCCN1CCC(C(=O)OC)(c2ccccc2)CC1)C1=NC(=O)NC(c2ccc(F)c(F)c2)C1C(=O)O. The van der Waals surface area contributed by atoms with Crippen LogP contribution < -0.4 is 5.32 Å². The van der Waals surface area contributed by atoms with Crippen LogP contribution in [-0.4, -0.2) is 77.9 Å². The predicted molar refractivity (Wildman–Crippen MR) is 149 cm³/mol. The lowest BCUT2D eigenvalue weighted by Gasteiger charge is -2.40. The number of aliphatic imine (C=N–C) groups is 1. The lowest BCUT2D eigenvalue weighted by molar-refractivity contribution is -0.149. The Morgan fingerprint density at radius 1 is 1.12 bits per heavy atom. The summed E-state index contributed by atoms with van der Waals surface area (Å²) < 4.78 is 32.6. The number of nitrogens with one attached hydrogen (secondary N) is 1. The van der Waals surface area contributed by atoms with E-state index in [1.165, 1.54) is 13.2 Å². The number of methoxy groups -OCH3 is 1. The maximum absolute atomic E-state index is 13.9. The van der Waals surface area contributed by atoms with Crippen molar-refractivity contribution in [2.24, 2.45) is 10.9 Å². The van der Waals surface area contributed by atoms with Gasteiger partial charge in [0.15, 0.2) is 11.6 Å². The lowest BCUT2D eigenvalue weighted by Crippen LogP contribution is -2.52. The molecule has 2 aliphatic heterocycles. The highest BCUT2D eigenvalue weighted by Gasteiger charge is 2.44. The Bertz CT molecular complexity index is 1360. The number of likely N-dealkylation sites (tertiary alicyclic amines) is 1. The van der Waals surface area contributed by atoms with Crippen molar-refractivity contribution in [3.8, 4) is 0 Å². The first-order chi connectivity index (χ1) is 20.1. The number of esters is 1. The Morgan fingerprint density at radius 3 is 2.40 bits per heavy atom. The topological polar surface area (TPSA) is 129 Å². The predicted octanol–water partition coefficient (Wildman–Crippen LogP) is 3.66. The molecule has 0 saturated carbocycles. The van der Waals surface area contributed by atoms with Gasteiger partial charge in [0.2, 0.25) is 5.91 Å². The zero-order valence-electron chi connectivity index (χ0n) is 23.5. The molecule has 1 fully saturated rings. The lowest BCUT2D eigenvalue weighted by atomic mass is 9.72. The average Bonchev–Trinajstić information content (AvgIpc) is 2.99. The maximum Gasteiger partial charge on any atom is 0.343 e. The number of aliphatic carboxylic acids is 1. The number of amidine groups is 1. The molecule has 0 radical (unpaired) electrons. The van der Waals surface area contributed by atoms with Gasteiger partial charge in [0.1, 0.15) is 11.8 Å². The van der Waals surface area contributed by atoms with Crippen LogP contribution in [0.1, 0.15) is 49.8 Å². The highest BCUT2D eigenvalue weighted by molar-refractivity contribution is 6.12. The molecule has 0 aliphatic carbocycles. The number of carboxylic acid groups (broad SMARTS) is 1. The van der Waals surface area contributed by atoms with Crippen LogP contribution in [0.15, 0.2) is 53.5 Å². The van der Waals surface area contributed by atoms with E-state index in [4.69, 9.17) is 4.74 Å². The Hall–Kier alpha value is -4.19. The van der Waals surface area contributed by atoms with Crippen molar-refractivity contribution < 1.29 is 37.8 Å². The van der Waals surface area contributed by atoms with Gasteiger partial charge in [-0.25, -0.2) is 13.6 Å². The van der Waals surface area contributed by atoms with Crippen LogP contribution in [0.2, 0.25) is 0 Å². The third kappa shape index (κ3) is 6.33. The minimum absolute atomic E-state index is 0.0363. The van der Waals surface area contributed by atoms with Crippen molar-refractivity contribution in [2.75, 3.05) is 33.3 Å². The van der Waals surface area contributed by atoms with Crippen molar-refractivity contribution in [1.82, 2.24) is 15.1 Å². The fourth-order valence-electron chi connectivity index (χ4n) is 5.81. The number of rotatable bonds is 9. The number of carbonyl (C=O) groups excluding carboxylic acids is 3. The van der Waals surface area contributed by atoms with E-state index < -0.39 is 46.9 Å². The molecule has 2 heterocycles. The molecule has 0 spiro atoms. The molecule has 2 unspecified atom stereocenters. The Labute approximate surface area is 242 Å². The average molecular weight is 585 g/mol. The minimum atomic E-state index is -1.50. The summed E-state index contributed by atoms with van der Waals surface area (Å²) in [5.41, 5.74) is 0.225. The largest absolute Gasteiger partial charge is 0.481 e. The zero-order chi connectivity index (χ0) is 30.4. The van der Waals surface area contributed by atoms with Gasteiger partial charge in [-0.05, 0) is 69.1 Å². The van der Waals surface area contributed by atoms with Gasteiger partial charge >= 0.3 is 18.0 Å². The second-order valence-electron chi connectivity index (χ2n) is 10.4. The zero-order valence-corrected chi connectivity index (χ0v) is 23.5. The number of nitrogens with zero attached hydrogens (tertiary/aromatic N) is 3. The number of amides is 3. The first kappa shape index (κ1) is 30.8. The Kier molecular flexibility index (Phi) is 9.66. The molecule has 2 atom stereocenters. The highest BCUT2D eigenvalue weighted by Crippen LogP contribution is 2.37.